The Morgan fingerprint density at radius 1 is 1.16 bits per heavy atom. The second-order valence-electron chi connectivity index (χ2n) is 6.38. The van der Waals surface area contributed by atoms with Crippen molar-refractivity contribution in [1.82, 2.24) is 4.57 Å². The summed E-state index contributed by atoms with van der Waals surface area (Å²) < 4.78 is 6.93. The van der Waals surface area contributed by atoms with E-state index in [0.29, 0.717) is 42.8 Å². The van der Waals surface area contributed by atoms with Crippen LogP contribution in [0.1, 0.15) is 61.0 Å². The van der Waals surface area contributed by atoms with E-state index in [9.17, 15) is 9.59 Å². The van der Waals surface area contributed by atoms with Crippen molar-refractivity contribution in [3.8, 4) is 0 Å². The maximum Gasteiger partial charge on any atom is 0.305 e. The first-order valence-electron chi connectivity index (χ1n) is 8.68. The van der Waals surface area contributed by atoms with Gasteiger partial charge in [0.2, 0.25) is 0 Å². The average molecular weight is 342 g/mol. The first-order valence-corrected chi connectivity index (χ1v) is 8.68. The molecule has 2 N–H and O–H groups in total. The Kier molecular flexibility index (Phi) is 6.39. The van der Waals surface area contributed by atoms with Gasteiger partial charge in [-0.05, 0) is 49.1 Å². The number of benzene rings is 1. The van der Waals surface area contributed by atoms with Crippen molar-refractivity contribution in [1.29, 1.82) is 0 Å². The van der Waals surface area contributed by atoms with E-state index in [1.165, 1.54) is 0 Å². The molecule has 0 bridgehead atoms. The second kappa shape index (κ2) is 8.51. The van der Waals surface area contributed by atoms with E-state index in [2.05, 4.69) is 13.8 Å². The standard InChI is InChI=1S/C20H26N2O3/c1-4-25-19(23)6-5-11-22-12-17(14(2)3)18(13-22)20(24)15-7-9-16(21)10-8-15/h7-10,12-14H,4-6,11,21H2,1-3H3. The van der Waals surface area contributed by atoms with Gasteiger partial charge in [-0.15, -0.1) is 0 Å². The van der Waals surface area contributed by atoms with Crippen LogP contribution in [0.3, 0.4) is 0 Å². The number of carbonyl (C=O) groups is 2. The van der Waals surface area contributed by atoms with E-state index >= 15 is 0 Å². The number of nitrogens with zero attached hydrogens (tertiary/aromatic N) is 1. The van der Waals surface area contributed by atoms with Crippen LogP contribution in [0, 0.1) is 0 Å². The number of aromatic nitrogens is 1. The molecule has 0 aliphatic heterocycles. The van der Waals surface area contributed by atoms with E-state index in [4.69, 9.17) is 10.5 Å². The summed E-state index contributed by atoms with van der Waals surface area (Å²) >= 11 is 0. The van der Waals surface area contributed by atoms with Gasteiger partial charge in [-0.1, -0.05) is 13.8 Å². The minimum absolute atomic E-state index is 0.00663. The Hall–Kier alpha value is -2.56. The van der Waals surface area contributed by atoms with Crippen LogP contribution in [0.5, 0.6) is 0 Å². The van der Waals surface area contributed by atoms with Crippen molar-refractivity contribution >= 4 is 17.4 Å². The molecule has 0 amide bonds. The summed E-state index contributed by atoms with van der Waals surface area (Å²) in [5.74, 6) is 0.0452. The minimum Gasteiger partial charge on any atom is -0.466 e. The highest BCUT2D eigenvalue weighted by Crippen LogP contribution is 2.24. The highest BCUT2D eigenvalue weighted by molar-refractivity contribution is 6.10. The number of ketones is 1. The molecule has 25 heavy (non-hydrogen) atoms. The van der Waals surface area contributed by atoms with Gasteiger partial charge in [-0.3, -0.25) is 9.59 Å². The number of aryl methyl sites for hydroxylation is 1. The Bertz CT molecular complexity index is 730. The Balaban J connectivity index is 2.14. The van der Waals surface area contributed by atoms with Gasteiger partial charge in [-0.2, -0.15) is 0 Å². The third-order valence-corrected chi connectivity index (χ3v) is 4.05. The van der Waals surface area contributed by atoms with Gasteiger partial charge < -0.3 is 15.0 Å². The molecule has 134 valence electrons. The number of hydrogen-bond acceptors (Lipinski definition) is 4. The summed E-state index contributed by atoms with van der Waals surface area (Å²) in [5.41, 5.74) is 8.67. The van der Waals surface area contributed by atoms with Crippen molar-refractivity contribution in [2.75, 3.05) is 12.3 Å². The molecule has 1 heterocycles. The summed E-state index contributed by atoms with van der Waals surface area (Å²) in [4.78, 5) is 24.3. The molecule has 0 atom stereocenters. The molecule has 0 aliphatic carbocycles. The number of nitrogens with two attached hydrogens (primary N) is 1. The number of carbonyl (C=O) groups excluding carboxylic acids is 2. The Morgan fingerprint density at radius 2 is 1.84 bits per heavy atom. The van der Waals surface area contributed by atoms with E-state index in [-0.39, 0.29) is 17.7 Å². The lowest BCUT2D eigenvalue weighted by Crippen LogP contribution is -2.06. The molecule has 0 unspecified atom stereocenters. The maximum atomic E-state index is 12.8. The molecule has 0 radical (unpaired) electrons. The lowest BCUT2D eigenvalue weighted by atomic mass is 9.96. The second-order valence-corrected chi connectivity index (χ2v) is 6.38. The molecule has 0 aliphatic rings. The predicted octanol–water partition coefficient (Wildman–Crippen LogP) is 3.77. The van der Waals surface area contributed by atoms with Crippen molar-refractivity contribution < 1.29 is 14.3 Å². The summed E-state index contributed by atoms with van der Waals surface area (Å²) in [7, 11) is 0. The number of hydrogen-bond donors (Lipinski definition) is 1. The predicted molar refractivity (Wildman–Crippen MR) is 98.7 cm³/mol. The molecule has 0 spiro atoms. The fourth-order valence-electron chi connectivity index (χ4n) is 2.73. The lowest BCUT2D eigenvalue weighted by molar-refractivity contribution is -0.143. The molecule has 5 heteroatoms. The van der Waals surface area contributed by atoms with Crippen LogP contribution in [-0.4, -0.2) is 22.9 Å². The molecule has 0 saturated heterocycles. The third kappa shape index (κ3) is 4.95. The largest absolute Gasteiger partial charge is 0.466 e. The smallest absolute Gasteiger partial charge is 0.305 e. The van der Waals surface area contributed by atoms with E-state index in [1.54, 1.807) is 31.2 Å². The molecule has 2 aromatic rings. The SMILES string of the molecule is CCOC(=O)CCCn1cc(C(=O)c2ccc(N)cc2)c(C(C)C)c1. The zero-order chi connectivity index (χ0) is 18.4. The fraction of sp³-hybridized carbons (Fsp3) is 0.400. The average Bonchev–Trinajstić information content (AvgIpc) is 2.99. The first kappa shape index (κ1) is 18.8. The Morgan fingerprint density at radius 3 is 2.44 bits per heavy atom. The summed E-state index contributed by atoms with van der Waals surface area (Å²) in [6, 6.07) is 6.97. The van der Waals surface area contributed by atoms with Gasteiger partial charge in [0.25, 0.3) is 0 Å². The van der Waals surface area contributed by atoms with Crippen LogP contribution in [0.2, 0.25) is 0 Å². The van der Waals surface area contributed by atoms with Gasteiger partial charge in [-0.25, -0.2) is 0 Å². The van der Waals surface area contributed by atoms with Crippen LogP contribution in [0.25, 0.3) is 0 Å². The highest BCUT2D eigenvalue weighted by atomic mass is 16.5. The van der Waals surface area contributed by atoms with Crippen molar-refractivity contribution in [3.63, 3.8) is 0 Å². The van der Waals surface area contributed by atoms with Gasteiger partial charge >= 0.3 is 5.97 Å². The van der Waals surface area contributed by atoms with Crippen LogP contribution in [0.15, 0.2) is 36.7 Å². The van der Waals surface area contributed by atoms with E-state index < -0.39 is 0 Å². The van der Waals surface area contributed by atoms with Gasteiger partial charge in [0.1, 0.15) is 0 Å². The topological polar surface area (TPSA) is 74.3 Å². The van der Waals surface area contributed by atoms with Crippen LogP contribution < -0.4 is 5.73 Å². The first-order chi connectivity index (χ1) is 11.9. The molecular weight excluding hydrogens is 316 g/mol. The van der Waals surface area contributed by atoms with Gasteiger partial charge in [0.05, 0.1) is 6.61 Å². The molecular formula is C20H26N2O3. The van der Waals surface area contributed by atoms with Crippen LogP contribution >= 0.6 is 0 Å². The summed E-state index contributed by atoms with van der Waals surface area (Å²) in [6.07, 6.45) is 4.93. The zero-order valence-corrected chi connectivity index (χ0v) is 15.1. The number of esters is 1. The highest BCUT2D eigenvalue weighted by Gasteiger charge is 2.18. The van der Waals surface area contributed by atoms with E-state index in [1.807, 2.05) is 17.0 Å². The van der Waals surface area contributed by atoms with Crippen molar-refractivity contribution in [2.24, 2.45) is 0 Å². The minimum atomic E-state index is -0.183. The normalized spacial score (nSPS) is 10.9. The molecule has 0 saturated carbocycles. The molecule has 0 fully saturated rings. The fourth-order valence-corrected chi connectivity index (χ4v) is 2.73. The number of ether oxygens (including phenoxy) is 1. The lowest BCUT2D eigenvalue weighted by Gasteiger charge is -2.06. The quantitative estimate of drug-likeness (QED) is 0.450. The summed E-state index contributed by atoms with van der Waals surface area (Å²) in [5, 5.41) is 0. The van der Waals surface area contributed by atoms with Gasteiger partial charge in [0.15, 0.2) is 5.78 Å². The molecule has 2 rings (SSSR count). The third-order valence-electron chi connectivity index (χ3n) is 4.05. The number of anilines is 1. The van der Waals surface area contributed by atoms with Crippen LogP contribution in [0.4, 0.5) is 5.69 Å². The van der Waals surface area contributed by atoms with Crippen molar-refractivity contribution in [3.05, 3.63) is 53.3 Å². The maximum absolute atomic E-state index is 12.8. The molecule has 1 aromatic heterocycles. The number of nitrogen functional groups attached to an aromatic ring is 1. The van der Waals surface area contributed by atoms with Gasteiger partial charge in [0, 0.05) is 42.2 Å². The Labute approximate surface area is 148 Å². The zero-order valence-electron chi connectivity index (χ0n) is 15.1. The summed E-state index contributed by atoms with van der Waals surface area (Å²) in [6.45, 7) is 7.01. The molecule has 1 aromatic carbocycles. The van der Waals surface area contributed by atoms with Crippen molar-refractivity contribution in [2.45, 2.75) is 46.1 Å². The number of rotatable bonds is 8. The van der Waals surface area contributed by atoms with E-state index in [0.717, 1.165) is 5.56 Å². The van der Waals surface area contributed by atoms with Crippen LogP contribution in [-0.2, 0) is 16.1 Å². The molecule has 5 nitrogen and oxygen atoms in total. The monoisotopic (exact) mass is 342 g/mol.